The van der Waals surface area contributed by atoms with Crippen molar-refractivity contribution in [2.24, 2.45) is 5.92 Å². The minimum absolute atomic E-state index is 0. The van der Waals surface area contributed by atoms with Crippen LogP contribution in [0.1, 0.15) is 13.3 Å². The van der Waals surface area contributed by atoms with Gasteiger partial charge in [-0.3, -0.25) is 4.79 Å². The highest BCUT2D eigenvalue weighted by molar-refractivity contribution is 5.85. The van der Waals surface area contributed by atoms with Gasteiger partial charge in [-0.2, -0.15) is 0 Å². The fourth-order valence-corrected chi connectivity index (χ4v) is 1.20. The SMILES string of the molecule is CCNC(=O)[C@H]1CCNC1.Cl. The molecule has 0 bridgehead atoms. The first-order valence-electron chi connectivity index (χ1n) is 3.83. The Morgan fingerprint density at radius 2 is 2.45 bits per heavy atom. The lowest BCUT2D eigenvalue weighted by Gasteiger charge is -2.06. The van der Waals surface area contributed by atoms with E-state index in [9.17, 15) is 4.79 Å². The van der Waals surface area contributed by atoms with Gasteiger partial charge in [0, 0.05) is 13.1 Å². The Hall–Kier alpha value is -0.280. The van der Waals surface area contributed by atoms with Crippen molar-refractivity contribution < 1.29 is 4.79 Å². The Labute approximate surface area is 73.3 Å². The van der Waals surface area contributed by atoms with Crippen LogP contribution in [-0.4, -0.2) is 25.5 Å². The number of nitrogens with one attached hydrogen (secondary N) is 2. The minimum atomic E-state index is 0. The highest BCUT2D eigenvalue weighted by Crippen LogP contribution is 2.06. The first-order valence-corrected chi connectivity index (χ1v) is 3.83. The van der Waals surface area contributed by atoms with Crippen LogP contribution in [0, 0.1) is 5.92 Å². The average Bonchev–Trinajstić information content (AvgIpc) is 2.38. The lowest BCUT2D eigenvalue weighted by molar-refractivity contribution is -0.124. The van der Waals surface area contributed by atoms with Gasteiger partial charge in [-0.1, -0.05) is 0 Å². The topological polar surface area (TPSA) is 41.1 Å². The molecule has 1 aliphatic heterocycles. The van der Waals surface area contributed by atoms with E-state index in [1.165, 1.54) is 0 Å². The van der Waals surface area contributed by atoms with Gasteiger partial charge in [0.05, 0.1) is 5.92 Å². The molecule has 11 heavy (non-hydrogen) atoms. The number of carbonyl (C=O) groups excluding carboxylic acids is 1. The number of halogens is 1. The lowest BCUT2D eigenvalue weighted by Crippen LogP contribution is -2.31. The smallest absolute Gasteiger partial charge is 0.224 e. The van der Waals surface area contributed by atoms with Crippen molar-refractivity contribution in [2.45, 2.75) is 13.3 Å². The molecular formula is C7H15ClN2O. The molecule has 1 heterocycles. The van der Waals surface area contributed by atoms with Crippen LogP contribution in [0.4, 0.5) is 0 Å². The molecular weight excluding hydrogens is 164 g/mol. The summed E-state index contributed by atoms with van der Waals surface area (Å²) in [6.07, 6.45) is 0.992. The molecule has 0 aliphatic carbocycles. The minimum Gasteiger partial charge on any atom is -0.356 e. The predicted molar refractivity (Wildman–Crippen MR) is 46.9 cm³/mol. The molecule has 1 rings (SSSR count). The van der Waals surface area contributed by atoms with Crippen LogP contribution in [-0.2, 0) is 4.79 Å². The van der Waals surface area contributed by atoms with E-state index in [1.807, 2.05) is 6.92 Å². The predicted octanol–water partition coefficient (Wildman–Crippen LogP) is 0.154. The number of hydrogen-bond acceptors (Lipinski definition) is 2. The summed E-state index contributed by atoms with van der Waals surface area (Å²) in [5.74, 6) is 0.424. The van der Waals surface area contributed by atoms with Crippen LogP contribution in [0.5, 0.6) is 0 Å². The second-order valence-electron chi connectivity index (χ2n) is 2.58. The van der Waals surface area contributed by atoms with Gasteiger partial charge in [0.25, 0.3) is 0 Å². The maximum atomic E-state index is 11.1. The maximum Gasteiger partial charge on any atom is 0.224 e. The van der Waals surface area contributed by atoms with E-state index in [0.717, 1.165) is 26.1 Å². The van der Waals surface area contributed by atoms with Crippen LogP contribution >= 0.6 is 12.4 Å². The molecule has 0 aromatic rings. The van der Waals surface area contributed by atoms with Crippen molar-refractivity contribution in [3.05, 3.63) is 0 Å². The third-order valence-corrected chi connectivity index (χ3v) is 1.78. The largest absolute Gasteiger partial charge is 0.356 e. The van der Waals surface area contributed by atoms with Crippen LogP contribution < -0.4 is 10.6 Å². The van der Waals surface area contributed by atoms with Gasteiger partial charge < -0.3 is 10.6 Å². The standard InChI is InChI=1S/C7H14N2O.ClH/c1-2-9-7(10)6-3-4-8-5-6;/h6,8H,2-5H2,1H3,(H,9,10);1H/t6-;/m0./s1. The molecule has 1 amide bonds. The highest BCUT2D eigenvalue weighted by Gasteiger charge is 2.20. The van der Waals surface area contributed by atoms with Crippen LogP contribution in [0.2, 0.25) is 0 Å². The normalized spacial score (nSPS) is 22.5. The van der Waals surface area contributed by atoms with Gasteiger partial charge >= 0.3 is 0 Å². The fraction of sp³-hybridized carbons (Fsp3) is 0.857. The van der Waals surface area contributed by atoms with Crippen LogP contribution in [0.3, 0.4) is 0 Å². The van der Waals surface area contributed by atoms with E-state index in [1.54, 1.807) is 0 Å². The van der Waals surface area contributed by atoms with Gasteiger partial charge in [-0.15, -0.1) is 12.4 Å². The van der Waals surface area contributed by atoms with E-state index in [4.69, 9.17) is 0 Å². The van der Waals surface area contributed by atoms with Crippen molar-refractivity contribution in [1.29, 1.82) is 0 Å². The van der Waals surface area contributed by atoms with Crippen molar-refractivity contribution in [1.82, 2.24) is 10.6 Å². The van der Waals surface area contributed by atoms with Crippen molar-refractivity contribution >= 4 is 18.3 Å². The molecule has 1 saturated heterocycles. The zero-order valence-electron chi connectivity index (χ0n) is 6.72. The molecule has 0 aromatic heterocycles. The first kappa shape index (κ1) is 10.7. The molecule has 3 nitrogen and oxygen atoms in total. The Bertz CT molecular complexity index is 124. The Morgan fingerprint density at radius 3 is 2.91 bits per heavy atom. The van der Waals surface area contributed by atoms with E-state index < -0.39 is 0 Å². The summed E-state index contributed by atoms with van der Waals surface area (Å²) in [5.41, 5.74) is 0. The van der Waals surface area contributed by atoms with E-state index in [2.05, 4.69) is 10.6 Å². The molecule has 4 heteroatoms. The third kappa shape index (κ3) is 3.08. The van der Waals surface area contributed by atoms with Gasteiger partial charge in [0.2, 0.25) is 5.91 Å². The molecule has 2 N–H and O–H groups in total. The maximum absolute atomic E-state index is 11.1. The number of amides is 1. The molecule has 0 saturated carbocycles. The van der Waals surface area contributed by atoms with E-state index in [0.29, 0.717) is 0 Å². The zero-order valence-corrected chi connectivity index (χ0v) is 7.54. The quantitative estimate of drug-likeness (QED) is 0.633. The second-order valence-corrected chi connectivity index (χ2v) is 2.58. The molecule has 0 radical (unpaired) electrons. The van der Waals surface area contributed by atoms with Crippen LogP contribution in [0.15, 0.2) is 0 Å². The summed E-state index contributed by atoms with van der Waals surface area (Å²) < 4.78 is 0. The fourth-order valence-electron chi connectivity index (χ4n) is 1.20. The van der Waals surface area contributed by atoms with Gasteiger partial charge in [0.15, 0.2) is 0 Å². The molecule has 0 unspecified atom stereocenters. The first-order chi connectivity index (χ1) is 4.84. The third-order valence-electron chi connectivity index (χ3n) is 1.78. The highest BCUT2D eigenvalue weighted by atomic mass is 35.5. The Kier molecular flexibility index (Phi) is 5.24. The molecule has 1 atom stereocenters. The Morgan fingerprint density at radius 1 is 1.73 bits per heavy atom. The summed E-state index contributed by atoms with van der Waals surface area (Å²) in [6.45, 7) is 4.53. The molecule has 0 aromatic carbocycles. The molecule has 1 fully saturated rings. The zero-order chi connectivity index (χ0) is 7.40. The summed E-state index contributed by atoms with van der Waals surface area (Å²) in [7, 11) is 0. The number of hydrogen-bond donors (Lipinski definition) is 2. The Balaban J connectivity index is 0.000001000. The second kappa shape index (κ2) is 5.38. The van der Waals surface area contributed by atoms with Crippen LogP contribution in [0.25, 0.3) is 0 Å². The lowest BCUT2D eigenvalue weighted by atomic mass is 10.1. The van der Waals surface area contributed by atoms with Gasteiger partial charge in [0.1, 0.15) is 0 Å². The number of rotatable bonds is 2. The molecule has 0 spiro atoms. The van der Waals surface area contributed by atoms with Crippen molar-refractivity contribution in [3.8, 4) is 0 Å². The summed E-state index contributed by atoms with van der Waals surface area (Å²) in [5, 5.41) is 5.96. The van der Waals surface area contributed by atoms with E-state index >= 15 is 0 Å². The summed E-state index contributed by atoms with van der Waals surface area (Å²) in [6, 6.07) is 0. The average molecular weight is 179 g/mol. The van der Waals surface area contributed by atoms with Crippen molar-refractivity contribution in [3.63, 3.8) is 0 Å². The summed E-state index contributed by atoms with van der Waals surface area (Å²) >= 11 is 0. The monoisotopic (exact) mass is 178 g/mol. The van der Waals surface area contributed by atoms with E-state index in [-0.39, 0.29) is 24.2 Å². The molecule has 1 aliphatic rings. The van der Waals surface area contributed by atoms with Gasteiger partial charge in [-0.25, -0.2) is 0 Å². The number of carbonyl (C=O) groups is 1. The van der Waals surface area contributed by atoms with Crippen molar-refractivity contribution in [2.75, 3.05) is 19.6 Å². The van der Waals surface area contributed by atoms with Gasteiger partial charge in [-0.05, 0) is 19.9 Å². The summed E-state index contributed by atoms with van der Waals surface area (Å²) in [4.78, 5) is 11.1. The molecule has 66 valence electrons.